The number of nitrogens with two attached hydrogens (primary N) is 2. The van der Waals surface area contributed by atoms with Crippen molar-refractivity contribution in [3.8, 4) is 0 Å². The molecule has 0 saturated heterocycles. The molecule has 0 amide bonds. The van der Waals surface area contributed by atoms with Crippen LogP contribution in [0.4, 0.5) is 0 Å². The van der Waals surface area contributed by atoms with Crippen molar-refractivity contribution in [1.82, 2.24) is 10.5 Å². The Morgan fingerprint density at radius 2 is 1.10 bits per heavy atom. The van der Waals surface area contributed by atoms with Gasteiger partial charge in [-0.25, -0.2) is 15.3 Å². The maximum absolute atomic E-state index is 12.0. The second-order valence-corrected chi connectivity index (χ2v) is 9.98. The minimum absolute atomic E-state index is 0.459. The molecule has 0 heterocycles. The molecule has 6 N–H and O–H groups in total. The fraction of sp³-hybridized carbons (Fsp3) is 0.143. The average molecular weight is 482 g/mol. The van der Waals surface area contributed by atoms with Crippen LogP contribution in [0.15, 0.2) is 60.7 Å². The van der Waals surface area contributed by atoms with E-state index in [9.17, 15) is 9.13 Å². The monoisotopic (exact) mass is 482 g/mol. The summed E-state index contributed by atoms with van der Waals surface area (Å²) in [6, 6.07) is 18.8. The summed E-state index contributed by atoms with van der Waals surface area (Å²) in [5.41, 5.74) is 12.6. The quantitative estimate of drug-likeness (QED) is 0.102. The van der Waals surface area contributed by atoms with Crippen molar-refractivity contribution in [3.63, 3.8) is 0 Å². The second kappa shape index (κ2) is 12.8. The maximum Gasteiger partial charge on any atom is 0.370 e. The van der Waals surface area contributed by atoms with Crippen molar-refractivity contribution in [2.75, 3.05) is 0 Å². The first-order valence-electron chi connectivity index (χ1n) is 7.87. The van der Waals surface area contributed by atoms with Crippen LogP contribution in [0.25, 0.3) is 0 Å². The molecule has 0 spiro atoms. The predicted molar refractivity (Wildman–Crippen MR) is 111 cm³/mol. The van der Waals surface area contributed by atoms with Gasteiger partial charge in [0.25, 0.3) is 0 Å². The molecule has 2 unspecified atom stereocenters. The lowest BCUT2D eigenvalue weighted by atomic mass is 10.2. The molecule has 2 rings (SSSR count). The van der Waals surface area contributed by atoms with Crippen molar-refractivity contribution >= 4 is 39.4 Å². The van der Waals surface area contributed by atoms with E-state index in [-0.39, 0.29) is 0 Å². The van der Waals surface area contributed by atoms with Gasteiger partial charge >= 0.3 is 15.3 Å². The molecule has 0 aliphatic carbocycles. The zero-order chi connectivity index (χ0) is 21.0. The lowest BCUT2D eigenvalue weighted by molar-refractivity contribution is -0.224. The van der Waals surface area contributed by atoms with Crippen LogP contribution in [0, 0.1) is 0 Å². The molecule has 160 valence electrons. The molecule has 0 bridgehead atoms. The van der Waals surface area contributed by atoms with E-state index in [0.717, 1.165) is 35.2 Å². The Bertz CT molecular complexity index is 755. The molecule has 11 nitrogen and oxygen atoms in total. The molecule has 29 heavy (non-hydrogen) atoms. The molecule has 2 aromatic rings. The normalized spacial score (nSPS) is 15.5. The van der Waals surface area contributed by atoms with Gasteiger partial charge in [-0.3, -0.25) is 9.13 Å². The van der Waals surface area contributed by atoms with E-state index in [1.807, 2.05) is 60.7 Å². The van der Waals surface area contributed by atoms with Crippen LogP contribution >= 0.6 is 39.4 Å². The minimum Gasteiger partial charge on any atom is -0.253 e. The van der Waals surface area contributed by atoms with E-state index < -0.39 is 15.3 Å². The van der Waals surface area contributed by atoms with Gasteiger partial charge in [-0.1, -0.05) is 71.2 Å². The third-order valence-corrected chi connectivity index (χ3v) is 6.70. The first kappa shape index (κ1) is 24.5. The summed E-state index contributed by atoms with van der Waals surface area (Å²) in [7, 11) is -8.47. The molecule has 0 saturated carbocycles. The van der Waals surface area contributed by atoms with E-state index in [1.165, 1.54) is 0 Å². The molecule has 0 aromatic heterocycles. The third kappa shape index (κ3) is 11.3. The molecule has 0 radical (unpaired) electrons. The van der Waals surface area contributed by atoms with Gasteiger partial charge in [-0.15, -0.1) is 18.6 Å². The van der Waals surface area contributed by atoms with Gasteiger partial charge in [0, 0.05) is 35.6 Å². The van der Waals surface area contributed by atoms with Gasteiger partial charge in [0.05, 0.1) is 0 Å². The van der Waals surface area contributed by atoms with Crippen LogP contribution in [0.5, 0.6) is 0 Å². The summed E-state index contributed by atoms with van der Waals surface area (Å²) in [5, 5.41) is 3.60. The van der Waals surface area contributed by atoms with E-state index in [0.29, 0.717) is 11.5 Å². The standard InChI is InChI=1S/C14H20N4O7P2S2/c15-26(19,17-21-23-28-11-13-7-3-1-4-8-13)25-27(16,20)18-22-24-29-12-14-9-5-2-6-10-14/h1-10H,11-12H2,(H3,15,17,19)(H3,16,18,20). The summed E-state index contributed by atoms with van der Waals surface area (Å²) >= 11 is 1.80. The van der Waals surface area contributed by atoms with E-state index in [2.05, 4.69) is 14.3 Å². The molecule has 0 aliphatic heterocycles. The molecule has 0 fully saturated rings. The summed E-state index contributed by atoms with van der Waals surface area (Å²) in [5.74, 6) is 0.919. The van der Waals surface area contributed by atoms with Crippen molar-refractivity contribution in [2.24, 2.45) is 11.0 Å². The topological polar surface area (TPSA) is 156 Å². The highest BCUT2D eigenvalue weighted by Gasteiger charge is 2.31. The smallest absolute Gasteiger partial charge is 0.253 e. The van der Waals surface area contributed by atoms with Crippen LogP contribution in [0.1, 0.15) is 11.1 Å². The van der Waals surface area contributed by atoms with Crippen LogP contribution in [0.2, 0.25) is 0 Å². The summed E-state index contributed by atoms with van der Waals surface area (Å²) < 4.78 is 37.9. The molecular weight excluding hydrogens is 462 g/mol. The summed E-state index contributed by atoms with van der Waals surface area (Å²) in [6.45, 7) is 0. The van der Waals surface area contributed by atoms with E-state index >= 15 is 0 Å². The van der Waals surface area contributed by atoms with Gasteiger partial charge in [-0.2, -0.15) is 0 Å². The number of hydrogen-bond donors (Lipinski definition) is 4. The van der Waals surface area contributed by atoms with Gasteiger partial charge in [-0.05, 0) is 11.1 Å². The van der Waals surface area contributed by atoms with E-state index in [1.54, 1.807) is 10.5 Å². The average Bonchev–Trinajstić information content (AvgIpc) is 2.68. The van der Waals surface area contributed by atoms with E-state index in [4.69, 9.17) is 19.7 Å². The lowest BCUT2D eigenvalue weighted by Gasteiger charge is -2.17. The Balaban J connectivity index is 1.58. The highest BCUT2D eigenvalue weighted by atomic mass is 32.2. The molecular formula is C14H20N4O7P2S2. The highest BCUT2D eigenvalue weighted by Crippen LogP contribution is 2.50. The lowest BCUT2D eigenvalue weighted by Crippen LogP contribution is -2.23. The van der Waals surface area contributed by atoms with Crippen molar-refractivity contribution in [1.29, 1.82) is 0 Å². The predicted octanol–water partition coefficient (Wildman–Crippen LogP) is 3.74. The van der Waals surface area contributed by atoms with Crippen molar-refractivity contribution < 1.29 is 32.1 Å². The largest absolute Gasteiger partial charge is 0.370 e. The van der Waals surface area contributed by atoms with Gasteiger partial charge in [0.1, 0.15) is 0 Å². The van der Waals surface area contributed by atoms with Crippen LogP contribution < -0.4 is 21.5 Å². The van der Waals surface area contributed by atoms with Crippen LogP contribution in [0.3, 0.4) is 0 Å². The van der Waals surface area contributed by atoms with Crippen LogP contribution in [-0.4, -0.2) is 0 Å². The SMILES string of the molecule is NP(=O)(NOOSCc1ccccc1)OP(N)(=O)NOOSCc1ccccc1. The number of rotatable bonds is 14. The van der Waals surface area contributed by atoms with Gasteiger partial charge < -0.3 is 0 Å². The molecule has 2 aromatic carbocycles. The fourth-order valence-corrected chi connectivity index (χ4v) is 4.74. The fourth-order valence-electron chi connectivity index (χ4n) is 1.73. The molecule has 15 heteroatoms. The second-order valence-electron chi connectivity index (χ2n) is 5.26. The zero-order valence-corrected chi connectivity index (χ0v) is 18.3. The summed E-state index contributed by atoms with van der Waals surface area (Å²) in [4.78, 5) is 8.95. The number of nitrogens with one attached hydrogen (secondary N) is 2. The molecule has 2 atom stereocenters. The Kier molecular flexibility index (Phi) is 10.8. The van der Waals surface area contributed by atoms with Crippen molar-refractivity contribution in [3.05, 3.63) is 71.8 Å². The Labute approximate surface area is 176 Å². The number of benzene rings is 2. The van der Waals surface area contributed by atoms with Gasteiger partial charge in [0.2, 0.25) is 0 Å². The van der Waals surface area contributed by atoms with Crippen molar-refractivity contribution in [2.45, 2.75) is 11.5 Å². The van der Waals surface area contributed by atoms with Gasteiger partial charge in [0.15, 0.2) is 0 Å². The maximum atomic E-state index is 12.0. The minimum atomic E-state index is -4.23. The zero-order valence-electron chi connectivity index (χ0n) is 14.9. The Hall–Kier alpha value is -0.760. The summed E-state index contributed by atoms with van der Waals surface area (Å²) in [6.07, 6.45) is 0. The first-order chi connectivity index (χ1) is 13.9. The third-order valence-electron chi connectivity index (χ3n) is 2.87. The molecule has 0 aliphatic rings. The number of hydrogen-bond acceptors (Lipinski definition) is 9. The first-order valence-corrected chi connectivity index (χ1v) is 13.1. The Morgan fingerprint density at radius 1 is 0.724 bits per heavy atom. The highest BCUT2D eigenvalue weighted by molar-refractivity contribution is 7.94. The van der Waals surface area contributed by atoms with Crippen LogP contribution in [-0.2, 0) is 43.6 Å². The Morgan fingerprint density at radius 3 is 1.48 bits per heavy atom.